The monoisotopic (exact) mass is 359 g/mol. The van der Waals surface area contributed by atoms with Crippen molar-refractivity contribution in [1.82, 2.24) is 10.3 Å². The van der Waals surface area contributed by atoms with E-state index in [4.69, 9.17) is 9.47 Å². The van der Waals surface area contributed by atoms with Crippen molar-refractivity contribution in [2.24, 2.45) is 0 Å². The zero-order valence-electron chi connectivity index (χ0n) is 15.6. The maximum Gasteiger partial charge on any atom is 0.407 e. The number of amides is 1. The minimum Gasteiger partial charge on any atom is -0.462 e. The third kappa shape index (κ3) is 5.91. The number of carbonyl (C=O) groups excluding carboxylic acids is 2. The van der Waals surface area contributed by atoms with Crippen LogP contribution in [0.5, 0.6) is 0 Å². The van der Waals surface area contributed by atoms with Crippen molar-refractivity contribution in [3.63, 3.8) is 0 Å². The quantitative estimate of drug-likeness (QED) is 0.607. The molecule has 1 heterocycles. The van der Waals surface area contributed by atoms with Crippen LogP contribution < -0.4 is 10.6 Å². The molecule has 0 radical (unpaired) electrons. The Morgan fingerprint density at radius 3 is 2.58 bits per heavy atom. The van der Waals surface area contributed by atoms with Gasteiger partial charge in [-0.2, -0.15) is 0 Å². The molecular formula is C19H25N3O4. The van der Waals surface area contributed by atoms with Gasteiger partial charge in [0.05, 0.1) is 17.7 Å². The largest absolute Gasteiger partial charge is 0.462 e. The molecular weight excluding hydrogens is 334 g/mol. The standard InChI is InChI=1S/C19H25N3O4/c1-5-25-17(23)14-6-8-15-13(12-14)7-9-16(22-15)20-10-11-21-18(24)26-19(2,3)4/h6-9,12H,5,10-11H2,1-4H3,(H,20,22)(H,21,24). The first kappa shape index (κ1) is 19.5. The van der Waals surface area contributed by atoms with Gasteiger partial charge in [-0.3, -0.25) is 0 Å². The van der Waals surface area contributed by atoms with Gasteiger partial charge in [-0.05, 0) is 58.0 Å². The zero-order chi connectivity index (χ0) is 19.2. The lowest BCUT2D eigenvalue weighted by molar-refractivity contribution is 0.0517. The molecule has 0 spiro atoms. The van der Waals surface area contributed by atoms with Gasteiger partial charge in [0.1, 0.15) is 11.4 Å². The number of pyridine rings is 1. The highest BCUT2D eigenvalue weighted by molar-refractivity contribution is 5.94. The molecule has 1 aromatic heterocycles. The average molecular weight is 359 g/mol. The molecule has 1 aromatic carbocycles. The third-order valence-electron chi connectivity index (χ3n) is 3.30. The van der Waals surface area contributed by atoms with Crippen LogP contribution in [-0.2, 0) is 9.47 Å². The van der Waals surface area contributed by atoms with E-state index in [2.05, 4.69) is 15.6 Å². The van der Waals surface area contributed by atoms with E-state index in [1.54, 1.807) is 25.1 Å². The zero-order valence-corrected chi connectivity index (χ0v) is 15.6. The number of aromatic nitrogens is 1. The maximum atomic E-state index is 11.8. The van der Waals surface area contributed by atoms with Gasteiger partial charge in [0.2, 0.25) is 0 Å². The molecule has 0 fully saturated rings. The van der Waals surface area contributed by atoms with Gasteiger partial charge in [-0.1, -0.05) is 0 Å². The Labute approximate surface area is 153 Å². The Morgan fingerprint density at radius 1 is 1.12 bits per heavy atom. The number of alkyl carbamates (subject to hydrolysis) is 1. The van der Waals surface area contributed by atoms with E-state index in [1.165, 1.54) is 0 Å². The molecule has 0 atom stereocenters. The summed E-state index contributed by atoms with van der Waals surface area (Å²) in [6, 6.07) is 8.94. The summed E-state index contributed by atoms with van der Waals surface area (Å²) in [5.74, 6) is 0.345. The van der Waals surface area contributed by atoms with Crippen LogP contribution in [0.25, 0.3) is 10.9 Å². The highest BCUT2D eigenvalue weighted by Gasteiger charge is 2.15. The third-order valence-corrected chi connectivity index (χ3v) is 3.30. The number of nitrogens with zero attached hydrogens (tertiary/aromatic N) is 1. The van der Waals surface area contributed by atoms with Crippen LogP contribution in [-0.4, -0.2) is 42.3 Å². The van der Waals surface area contributed by atoms with Gasteiger partial charge < -0.3 is 20.1 Å². The van der Waals surface area contributed by atoms with Crippen molar-refractivity contribution in [3.05, 3.63) is 35.9 Å². The van der Waals surface area contributed by atoms with Crippen molar-refractivity contribution < 1.29 is 19.1 Å². The molecule has 2 aromatic rings. The van der Waals surface area contributed by atoms with Crippen LogP contribution >= 0.6 is 0 Å². The molecule has 7 nitrogen and oxygen atoms in total. The van der Waals surface area contributed by atoms with Gasteiger partial charge in [0.25, 0.3) is 0 Å². The smallest absolute Gasteiger partial charge is 0.407 e. The number of esters is 1. The molecule has 2 rings (SSSR count). The normalized spacial score (nSPS) is 11.1. The second kappa shape index (κ2) is 8.51. The molecule has 0 bridgehead atoms. The number of rotatable bonds is 6. The van der Waals surface area contributed by atoms with Crippen molar-refractivity contribution in [3.8, 4) is 0 Å². The van der Waals surface area contributed by atoms with E-state index < -0.39 is 11.7 Å². The number of fused-ring (bicyclic) bond motifs is 1. The molecule has 0 aliphatic rings. The van der Waals surface area contributed by atoms with E-state index >= 15 is 0 Å². The van der Waals surface area contributed by atoms with E-state index in [0.29, 0.717) is 31.1 Å². The highest BCUT2D eigenvalue weighted by atomic mass is 16.6. The summed E-state index contributed by atoms with van der Waals surface area (Å²) in [6.45, 7) is 8.49. The van der Waals surface area contributed by atoms with Gasteiger partial charge in [-0.15, -0.1) is 0 Å². The first-order valence-electron chi connectivity index (χ1n) is 8.57. The first-order valence-corrected chi connectivity index (χ1v) is 8.57. The van der Waals surface area contributed by atoms with Crippen molar-refractivity contribution in [1.29, 1.82) is 0 Å². The van der Waals surface area contributed by atoms with Gasteiger partial charge in [0.15, 0.2) is 0 Å². The lowest BCUT2D eigenvalue weighted by Crippen LogP contribution is -2.35. The summed E-state index contributed by atoms with van der Waals surface area (Å²) in [5.41, 5.74) is 0.756. The SMILES string of the molecule is CCOC(=O)c1ccc2nc(NCCNC(=O)OC(C)(C)C)ccc2c1. The fourth-order valence-corrected chi connectivity index (χ4v) is 2.23. The van der Waals surface area contributed by atoms with E-state index in [1.807, 2.05) is 32.9 Å². The lowest BCUT2D eigenvalue weighted by atomic mass is 10.1. The predicted octanol–water partition coefficient (Wildman–Crippen LogP) is 3.35. The molecule has 2 N–H and O–H groups in total. The molecule has 140 valence electrons. The molecule has 0 aliphatic carbocycles. The first-order chi connectivity index (χ1) is 12.3. The Morgan fingerprint density at radius 2 is 1.88 bits per heavy atom. The number of nitrogens with one attached hydrogen (secondary N) is 2. The fraction of sp³-hybridized carbons (Fsp3) is 0.421. The number of hydrogen-bond donors (Lipinski definition) is 2. The van der Waals surface area contributed by atoms with Crippen LogP contribution in [0.15, 0.2) is 30.3 Å². The molecule has 26 heavy (non-hydrogen) atoms. The highest BCUT2D eigenvalue weighted by Crippen LogP contribution is 2.17. The second-order valence-corrected chi connectivity index (χ2v) is 6.68. The molecule has 0 aliphatic heterocycles. The van der Waals surface area contributed by atoms with Gasteiger partial charge >= 0.3 is 12.1 Å². The van der Waals surface area contributed by atoms with Crippen molar-refractivity contribution in [2.45, 2.75) is 33.3 Å². The predicted molar refractivity (Wildman–Crippen MR) is 100 cm³/mol. The number of hydrogen-bond acceptors (Lipinski definition) is 6. The number of carbonyl (C=O) groups is 2. The van der Waals surface area contributed by atoms with E-state index in [9.17, 15) is 9.59 Å². The number of ether oxygens (including phenoxy) is 2. The molecule has 1 amide bonds. The summed E-state index contributed by atoms with van der Waals surface area (Å²) in [4.78, 5) is 27.8. The van der Waals surface area contributed by atoms with Crippen LogP contribution in [0.4, 0.5) is 10.6 Å². The Bertz CT molecular complexity index is 784. The summed E-state index contributed by atoms with van der Waals surface area (Å²) in [6.07, 6.45) is -0.447. The number of anilines is 1. The van der Waals surface area contributed by atoms with E-state index in [-0.39, 0.29) is 5.97 Å². The van der Waals surface area contributed by atoms with Crippen LogP contribution in [0, 0.1) is 0 Å². The Kier molecular flexibility index (Phi) is 6.38. The van der Waals surface area contributed by atoms with Crippen LogP contribution in [0.1, 0.15) is 38.1 Å². The van der Waals surface area contributed by atoms with Gasteiger partial charge in [0, 0.05) is 18.5 Å². The summed E-state index contributed by atoms with van der Waals surface area (Å²) in [5, 5.41) is 6.67. The second-order valence-electron chi connectivity index (χ2n) is 6.68. The molecule has 0 saturated carbocycles. The van der Waals surface area contributed by atoms with Crippen molar-refractivity contribution >= 4 is 28.8 Å². The topological polar surface area (TPSA) is 89.5 Å². The Balaban J connectivity index is 1.90. The average Bonchev–Trinajstić information content (AvgIpc) is 2.57. The van der Waals surface area contributed by atoms with E-state index in [0.717, 1.165) is 10.9 Å². The molecule has 0 unspecified atom stereocenters. The van der Waals surface area contributed by atoms with Crippen LogP contribution in [0.2, 0.25) is 0 Å². The Hall–Kier alpha value is -2.83. The van der Waals surface area contributed by atoms with Crippen molar-refractivity contribution in [2.75, 3.05) is 25.0 Å². The number of benzene rings is 1. The molecule has 7 heteroatoms. The fourth-order valence-electron chi connectivity index (χ4n) is 2.23. The molecule has 0 saturated heterocycles. The van der Waals surface area contributed by atoms with Gasteiger partial charge in [-0.25, -0.2) is 14.6 Å². The van der Waals surface area contributed by atoms with Crippen LogP contribution in [0.3, 0.4) is 0 Å². The minimum absolute atomic E-state index is 0.343. The minimum atomic E-state index is -0.514. The summed E-state index contributed by atoms with van der Waals surface area (Å²) in [7, 11) is 0. The summed E-state index contributed by atoms with van der Waals surface area (Å²) < 4.78 is 10.2. The maximum absolute atomic E-state index is 11.8. The lowest BCUT2D eigenvalue weighted by Gasteiger charge is -2.19. The summed E-state index contributed by atoms with van der Waals surface area (Å²) >= 11 is 0.